The van der Waals surface area contributed by atoms with Crippen molar-refractivity contribution in [3.63, 3.8) is 0 Å². The van der Waals surface area contributed by atoms with E-state index in [2.05, 4.69) is 11.1 Å². The van der Waals surface area contributed by atoms with E-state index in [-0.39, 0.29) is 47.8 Å². The number of fused-ring (bicyclic) bond motifs is 4. The minimum Gasteiger partial charge on any atom is -0.726 e. The van der Waals surface area contributed by atoms with Crippen molar-refractivity contribution in [3.05, 3.63) is 23.3 Å². The first-order valence-electron chi connectivity index (χ1n) is 28.1. The summed E-state index contributed by atoms with van der Waals surface area (Å²) in [5.41, 5.74) is -4.51. The second-order valence-electron chi connectivity index (χ2n) is 25.5. The molecule has 0 radical (unpaired) electrons. The van der Waals surface area contributed by atoms with Gasteiger partial charge in [-0.3, -0.25) is 8.98 Å². The first-order valence-corrected chi connectivity index (χ1v) is 29.5. The average Bonchev–Trinajstić information content (AvgIpc) is 1.59. The number of hydrogen-bond donors (Lipinski definition) is 11. The maximum Gasteiger partial charge on any atom is 1.00 e. The van der Waals surface area contributed by atoms with Crippen LogP contribution in [0, 0.1) is 33.5 Å². The van der Waals surface area contributed by atoms with Gasteiger partial charge < -0.3 is 108 Å². The standard InChI is InChI=1S/C54H86O26S.Na/c1-23(2)11-10-15-52(8)53(66)18-17-51(7)25-12-13-30-49(4,5)32(14-16-50(30,6)26(25)19-31(57)54(51,53)48(65)79-52)75-47-43(35(60)29(22-71-47)80-81(67,68)69)78-44-37(62)36(61)40(24(3)72-44)76-46-39(64)42(34(59)28(21-56)74-46)77-45-38(63)41(70-9)33(58)27(20-55)73-45;/h11,19,24-25,27-47,55-64,66H,10,12-18,20-22H2,1-9H3,(H,67,68,69);/q;+1/p-1/t24-,25?,27-,28-,29-,30?,31+,32+,33-,34-,35+,36-,37-,38-,39-,40-,41+,42+,43-,44+,45+,46+,47+,50-,51+,52+,53+,54?;/m1./s1. The third-order valence-electron chi connectivity index (χ3n) is 20.5. The van der Waals surface area contributed by atoms with Crippen molar-refractivity contribution in [2.75, 3.05) is 26.9 Å². The number of aliphatic hydroxyl groups is 11. The van der Waals surface area contributed by atoms with Gasteiger partial charge in [-0.1, -0.05) is 51.0 Å². The number of aliphatic hydroxyl groups excluding tert-OH is 10. The van der Waals surface area contributed by atoms with Gasteiger partial charge in [0.05, 0.1) is 38.1 Å². The summed E-state index contributed by atoms with van der Waals surface area (Å²) in [6.45, 7) is 13.1. The van der Waals surface area contributed by atoms with Gasteiger partial charge in [-0.25, -0.2) is 8.42 Å². The largest absolute Gasteiger partial charge is 1.00 e. The smallest absolute Gasteiger partial charge is 0.726 e. The minimum absolute atomic E-state index is 0. The third kappa shape index (κ3) is 10.9. The molecule has 3 unspecified atom stereocenters. The van der Waals surface area contributed by atoms with Crippen molar-refractivity contribution < 1.29 is 155 Å². The van der Waals surface area contributed by atoms with Gasteiger partial charge in [-0.2, -0.15) is 0 Å². The van der Waals surface area contributed by atoms with Gasteiger partial charge >= 0.3 is 35.5 Å². The van der Waals surface area contributed by atoms with E-state index in [1.54, 1.807) is 13.0 Å². The normalized spacial score (nSPS) is 50.9. The molecule has 9 aliphatic rings. The molecule has 5 saturated heterocycles. The van der Waals surface area contributed by atoms with E-state index in [9.17, 15) is 73.9 Å². The Balaban J connectivity index is 0.00000880. The summed E-state index contributed by atoms with van der Waals surface area (Å²) in [5.74, 6) is -0.905. The molecule has 5 heterocycles. The van der Waals surface area contributed by atoms with Gasteiger partial charge in [0, 0.05) is 7.11 Å². The van der Waals surface area contributed by atoms with Crippen molar-refractivity contribution in [2.24, 2.45) is 33.5 Å². The summed E-state index contributed by atoms with van der Waals surface area (Å²) < 4.78 is 99.6. The molecular formula is C54H85NaO26S. The van der Waals surface area contributed by atoms with Gasteiger partial charge in [0.25, 0.3) is 0 Å². The summed E-state index contributed by atoms with van der Waals surface area (Å²) >= 11 is 0. The van der Waals surface area contributed by atoms with Crippen LogP contribution in [0.5, 0.6) is 0 Å². The molecule has 28 atom stereocenters. The summed E-state index contributed by atoms with van der Waals surface area (Å²) in [5, 5.41) is 124. The van der Waals surface area contributed by atoms with Crippen LogP contribution < -0.4 is 29.6 Å². The zero-order chi connectivity index (χ0) is 59.5. The molecule has 0 amide bonds. The summed E-state index contributed by atoms with van der Waals surface area (Å²) in [6.07, 6.45) is -26.8. The van der Waals surface area contributed by atoms with E-state index >= 15 is 0 Å². The molecule has 82 heavy (non-hydrogen) atoms. The Morgan fingerprint density at radius 3 is 1.91 bits per heavy atom. The van der Waals surface area contributed by atoms with Gasteiger partial charge in [0.1, 0.15) is 102 Å². The Bertz CT molecular complexity index is 2450. The number of methoxy groups -OCH3 is 1. The van der Waals surface area contributed by atoms with Gasteiger partial charge in [-0.05, 0) is 107 Å². The fourth-order valence-corrected chi connectivity index (χ4v) is 16.7. The van der Waals surface area contributed by atoms with Crippen LogP contribution in [0.2, 0.25) is 0 Å². The summed E-state index contributed by atoms with van der Waals surface area (Å²) in [4.78, 5) is 14.5. The zero-order valence-corrected chi connectivity index (χ0v) is 51.0. The molecule has 26 nitrogen and oxygen atoms in total. The van der Waals surface area contributed by atoms with Crippen molar-refractivity contribution in [2.45, 2.75) is 247 Å². The Hall–Kier alpha value is -0.980. The fraction of sp³-hybridized carbons (Fsp3) is 0.907. The SMILES string of the molecule is CO[C@@H]1[C@@H](O)[C@H](O[C@@H]2[C@@H](O)[C@H](O[C@H]3[C@H](O)[C@@H](O)[C@H](O[C@H]4[C@H](O[C@H]5CC[C@]6(C)C7=C[C@H](O)C89C(=O)O[C@@](C)(CCC=C(C)C)[C@@]8(O)CC[C@@]9(C)C7CCC6C5(C)C)OC[C@@H](OS(=O)(=O)[O-])[C@@H]4O)O[C@@H]3C)O[C@H](CO)[C@H]2O)O[C@H](CO)[C@H]1O.[Na+]. The van der Waals surface area contributed by atoms with E-state index < -0.39 is 198 Å². The maximum atomic E-state index is 14.5. The monoisotopic (exact) mass is 1200 g/mol. The predicted octanol–water partition coefficient (Wildman–Crippen LogP) is -4.81. The Kier molecular flexibility index (Phi) is 19.9. The van der Waals surface area contributed by atoms with Crippen LogP contribution in [0.15, 0.2) is 23.3 Å². The van der Waals surface area contributed by atoms with Crippen LogP contribution >= 0.6 is 0 Å². The number of carbonyl (C=O) groups is 1. The molecule has 3 saturated carbocycles. The minimum atomic E-state index is -5.44. The molecule has 5 aliphatic heterocycles. The van der Waals surface area contributed by atoms with Crippen molar-refractivity contribution >= 4 is 16.4 Å². The second-order valence-corrected chi connectivity index (χ2v) is 26.5. The molecule has 0 aromatic heterocycles. The zero-order valence-electron chi connectivity index (χ0n) is 48.2. The van der Waals surface area contributed by atoms with Crippen molar-refractivity contribution in [1.29, 1.82) is 0 Å². The van der Waals surface area contributed by atoms with Gasteiger partial charge in [0.2, 0.25) is 10.4 Å². The number of allylic oxidation sites excluding steroid dienone is 3. The number of ether oxygens (including phenoxy) is 10. The molecule has 0 bridgehead atoms. The van der Waals surface area contributed by atoms with E-state index in [1.165, 1.54) is 14.0 Å². The number of rotatable bonds is 16. The number of hydrogen-bond acceptors (Lipinski definition) is 26. The van der Waals surface area contributed by atoms with Crippen molar-refractivity contribution in [3.8, 4) is 0 Å². The molecule has 4 aliphatic carbocycles. The molecule has 28 heteroatoms. The van der Waals surface area contributed by atoms with Gasteiger partial charge in [0.15, 0.2) is 25.2 Å². The van der Waals surface area contributed by atoms with Crippen molar-refractivity contribution in [1.82, 2.24) is 0 Å². The van der Waals surface area contributed by atoms with Crippen LogP contribution in [-0.2, 0) is 66.7 Å². The average molecular weight is 1210 g/mol. The Labute approximate surface area is 499 Å². The van der Waals surface area contributed by atoms with Crippen LogP contribution in [0.4, 0.5) is 0 Å². The van der Waals surface area contributed by atoms with Gasteiger partial charge in [-0.15, -0.1) is 0 Å². The quantitative estimate of drug-likeness (QED) is 0.0172. The van der Waals surface area contributed by atoms with Crippen LogP contribution in [-0.4, -0.2) is 242 Å². The maximum absolute atomic E-state index is 14.5. The molecule has 0 aromatic rings. The summed E-state index contributed by atoms with van der Waals surface area (Å²) in [6, 6.07) is 0. The van der Waals surface area contributed by atoms with E-state index in [0.29, 0.717) is 44.9 Å². The van der Waals surface area contributed by atoms with Crippen LogP contribution in [0.3, 0.4) is 0 Å². The molecular weight excluding hydrogens is 1120 g/mol. The van der Waals surface area contributed by atoms with E-state index in [1.807, 2.05) is 40.7 Å². The number of cyclic esters (lactones) is 1. The molecule has 464 valence electrons. The second kappa shape index (κ2) is 24.4. The molecule has 11 N–H and O–H groups in total. The number of carbonyl (C=O) groups excluding carboxylic acids is 1. The van der Waals surface area contributed by atoms with E-state index in [4.69, 9.17) is 47.4 Å². The fourth-order valence-electron chi connectivity index (χ4n) is 16.2. The number of esters is 1. The van der Waals surface area contributed by atoms with Crippen LogP contribution in [0.1, 0.15) is 107 Å². The molecule has 8 fully saturated rings. The molecule has 0 aromatic carbocycles. The predicted molar refractivity (Wildman–Crippen MR) is 272 cm³/mol. The van der Waals surface area contributed by atoms with Crippen LogP contribution in [0.25, 0.3) is 0 Å². The molecule has 1 spiro atoms. The first kappa shape index (κ1) is 67.0. The Morgan fingerprint density at radius 2 is 1.32 bits per heavy atom. The first-order chi connectivity index (χ1) is 37.8. The molecule has 9 rings (SSSR count). The van der Waals surface area contributed by atoms with E-state index in [0.717, 1.165) is 11.1 Å². The third-order valence-corrected chi connectivity index (χ3v) is 21.0. The summed E-state index contributed by atoms with van der Waals surface area (Å²) in [7, 11) is -4.26. The Morgan fingerprint density at radius 1 is 0.732 bits per heavy atom. The topological polar surface area (TPSA) is 398 Å².